The lowest BCUT2D eigenvalue weighted by atomic mass is 9.87. The zero-order chi connectivity index (χ0) is 10.8. The van der Waals surface area contributed by atoms with Gasteiger partial charge in [0.05, 0.1) is 17.1 Å². The summed E-state index contributed by atoms with van der Waals surface area (Å²) < 4.78 is 0. The number of rotatable bonds is 3. The predicted molar refractivity (Wildman–Crippen MR) is 59.7 cm³/mol. The number of carbonyl (C=O) groups is 1. The van der Waals surface area contributed by atoms with Gasteiger partial charge in [0.1, 0.15) is 0 Å². The molecule has 1 aliphatic rings. The first-order valence-corrected chi connectivity index (χ1v) is 5.99. The van der Waals surface area contributed by atoms with Gasteiger partial charge >= 0.3 is 0 Å². The Morgan fingerprint density at radius 2 is 2.53 bits per heavy atom. The SMILES string of the molecule is Cc1nc(CC(=O)N[C@H]2CC[C@H]2N)cs1. The van der Waals surface area contributed by atoms with Gasteiger partial charge in [-0.25, -0.2) is 4.98 Å². The van der Waals surface area contributed by atoms with Crippen molar-refractivity contribution in [1.29, 1.82) is 0 Å². The average molecular weight is 225 g/mol. The predicted octanol–water partition coefficient (Wildman–Crippen LogP) is 0.600. The maximum Gasteiger partial charge on any atom is 0.226 e. The van der Waals surface area contributed by atoms with E-state index in [9.17, 15) is 4.79 Å². The van der Waals surface area contributed by atoms with Gasteiger partial charge in [-0.15, -0.1) is 11.3 Å². The van der Waals surface area contributed by atoms with E-state index < -0.39 is 0 Å². The van der Waals surface area contributed by atoms with Gasteiger partial charge in [-0.1, -0.05) is 0 Å². The van der Waals surface area contributed by atoms with Crippen LogP contribution in [0.25, 0.3) is 0 Å². The summed E-state index contributed by atoms with van der Waals surface area (Å²) in [6.07, 6.45) is 2.39. The summed E-state index contributed by atoms with van der Waals surface area (Å²) >= 11 is 1.57. The Kier molecular flexibility index (Phi) is 3.02. The van der Waals surface area contributed by atoms with Crippen LogP contribution in [0.15, 0.2) is 5.38 Å². The smallest absolute Gasteiger partial charge is 0.226 e. The second-order valence-corrected chi connectivity index (χ2v) is 5.01. The number of nitrogens with two attached hydrogens (primary N) is 1. The number of aryl methyl sites for hydroxylation is 1. The van der Waals surface area contributed by atoms with Crippen molar-refractivity contribution in [3.05, 3.63) is 16.1 Å². The minimum Gasteiger partial charge on any atom is -0.351 e. The first kappa shape index (κ1) is 10.6. The molecule has 0 unspecified atom stereocenters. The van der Waals surface area contributed by atoms with E-state index in [0.717, 1.165) is 23.5 Å². The molecule has 2 atom stereocenters. The van der Waals surface area contributed by atoms with Crippen LogP contribution in [0.4, 0.5) is 0 Å². The minimum atomic E-state index is 0.0282. The first-order valence-electron chi connectivity index (χ1n) is 5.11. The Hall–Kier alpha value is -0.940. The second kappa shape index (κ2) is 4.28. The molecule has 1 amide bonds. The number of amides is 1. The summed E-state index contributed by atoms with van der Waals surface area (Å²) in [4.78, 5) is 15.8. The number of thiazole rings is 1. The van der Waals surface area contributed by atoms with E-state index >= 15 is 0 Å². The largest absolute Gasteiger partial charge is 0.351 e. The Labute approximate surface area is 92.9 Å². The molecule has 1 aromatic heterocycles. The molecule has 1 fully saturated rings. The third-order valence-corrected chi connectivity index (χ3v) is 3.50. The molecule has 15 heavy (non-hydrogen) atoms. The molecule has 1 aromatic rings. The molecule has 1 aliphatic carbocycles. The summed E-state index contributed by atoms with van der Waals surface area (Å²) in [6, 6.07) is 0.323. The summed E-state index contributed by atoms with van der Waals surface area (Å²) in [5.41, 5.74) is 6.59. The molecule has 1 saturated carbocycles. The van der Waals surface area contributed by atoms with Crippen LogP contribution < -0.4 is 11.1 Å². The van der Waals surface area contributed by atoms with Crippen molar-refractivity contribution in [2.45, 2.75) is 38.3 Å². The fraction of sp³-hybridized carbons (Fsp3) is 0.600. The van der Waals surface area contributed by atoms with Crippen LogP contribution in [0.5, 0.6) is 0 Å². The van der Waals surface area contributed by atoms with Crippen LogP contribution in [0.2, 0.25) is 0 Å². The van der Waals surface area contributed by atoms with Gasteiger partial charge < -0.3 is 11.1 Å². The molecule has 1 heterocycles. The quantitative estimate of drug-likeness (QED) is 0.791. The Bertz CT molecular complexity index is 363. The van der Waals surface area contributed by atoms with Gasteiger partial charge in [-0.05, 0) is 19.8 Å². The maximum absolute atomic E-state index is 11.6. The van der Waals surface area contributed by atoms with Crippen LogP contribution in [0, 0.1) is 6.92 Å². The molecule has 5 heteroatoms. The highest BCUT2D eigenvalue weighted by Gasteiger charge is 2.28. The first-order chi connectivity index (χ1) is 7.15. The van der Waals surface area contributed by atoms with E-state index in [1.54, 1.807) is 11.3 Å². The van der Waals surface area contributed by atoms with Gasteiger partial charge in [0.15, 0.2) is 0 Å². The Morgan fingerprint density at radius 3 is 3.00 bits per heavy atom. The molecule has 0 bridgehead atoms. The summed E-state index contributed by atoms with van der Waals surface area (Å²) in [5, 5.41) is 5.85. The van der Waals surface area contributed by atoms with Crippen molar-refractivity contribution in [1.82, 2.24) is 10.3 Å². The van der Waals surface area contributed by atoms with Crippen molar-refractivity contribution in [3.63, 3.8) is 0 Å². The van der Waals surface area contributed by atoms with Crippen molar-refractivity contribution in [2.75, 3.05) is 0 Å². The summed E-state index contributed by atoms with van der Waals surface area (Å²) in [5.74, 6) is 0.0282. The molecular formula is C10H15N3OS. The summed E-state index contributed by atoms with van der Waals surface area (Å²) in [7, 11) is 0. The molecular weight excluding hydrogens is 210 g/mol. The van der Waals surface area contributed by atoms with Crippen LogP contribution in [-0.2, 0) is 11.2 Å². The lowest BCUT2D eigenvalue weighted by Crippen LogP contribution is -2.54. The van der Waals surface area contributed by atoms with Crippen LogP contribution in [-0.4, -0.2) is 23.0 Å². The zero-order valence-corrected chi connectivity index (χ0v) is 9.51. The summed E-state index contributed by atoms with van der Waals surface area (Å²) in [6.45, 7) is 1.94. The van der Waals surface area contributed by atoms with Crippen molar-refractivity contribution < 1.29 is 4.79 Å². The Morgan fingerprint density at radius 1 is 1.73 bits per heavy atom. The number of nitrogens with zero attached hydrogens (tertiary/aromatic N) is 1. The van der Waals surface area contributed by atoms with E-state index in [-0.39, 0.29) is 18.0 Å². The average Bonchev–Trinajstić information content (AvgIpc) is 2.58. The highest BCUT2D eigenvalue weighted by atomic mass is 32.1. The Balaban J connectivity index is 1.82. The van der Waals surface area contributed by atoms with Crippen molar-refractivity contribution in [2.24, 2.45) is 5.73 Å². The van der Waals surface area contributed by atoms with Gasteiger partial charge in [-0.2, -0.15) is 0 Å². The normalized spacial score (nSPS) is 24.7. The van der Waals surface area contributed by atoms with Gasteiger partial charge in [-0.3, -0.25) is 4.79 Å². The van der Waals surface area contributed by atoms with Gasteiger partial charge in [0, 0.05) is 17.5 Å². The van der Waals surface area contributed by atoms with Crippen LogP contribution in [0.1, 0.15) is 23.5 Å². The maximum atomic E-state index is 11.6. The third kappa shape index (κ3) is 2.54. The van der Waals surface area contributed by atoms with Crippen molar-refractivity contribution in [3.8, 4) is 0 Å². The van der Waals surface area contributed by atoms with Gasteiger partial charge in [0.2, 0.25) is 5.91 Å². The van der Waals surface area contributed by atoms with Gasteiger partial charge in [0.25, 0.3) is 0 Å². The molecule has 4 nitrogen and oxygen atoms in total. The molecule has 0 spiro atoms. The number of hydrogen-bond acceptors (Lipinski definition) is 4. The number of carbonyl (C=O) groups excluding carboxylic acids is 1. The molecule has 2 rings (SSSR count). The van der Waals surface area contributed by atoms with E-state index in [4.69, 9.17) is 5.73 Å². The number of nitrogens with one attached hydrogen (secondary N) is 1. The molecule has 82 valence electrons. The van der Waals surface area contributed by atoms with E-state index in [1.165, 1.54) is 0 Å². The standard InChI is InChI=1S/C10H15N3OS/c1-6-12-7(5-15-6)4-10(14)13-9-3-2-8(9)11/h5,8-9H,2-4,11H2,1H3,(H,13,14)/t8-,9+/m1/s1. The fourth-order valence-electron chi connectivity index (χ4n) is 1.62. The van der Waals surface area contributed by atoms with E-state index in [1.807, 2.05) is 12.3 Å². The zero-order valence-electron chi connectivity index (χ0n) is 8.69. The topological polar surface area (TPSA) is 68.0 Å². The van der Waals surface area contributed by atoms with Crippen molar-refractivity contribution >= 4 is 17.2 Å². The lowest BCUT2D eigenvalue weighted by molar-refractivity contribution is -0.121. The second-order valence-electron chi connectivity index (χ2n) is 3.95. The molecule has 0 aromatic carbocycles. The third-order valence-electron chi connectivity index (χ3n) is 2.68. The molecule has 0 radical (unpaired) electrons. The number of aromatic nitrogens is 1. The molecule has 3 N–H and O–H groups in total. The van der Waals surface area contributed by atoms with Crippen LogP contribution >= 0.6 is 11.3 Å². The minimum absolute atomic E-state index is 0.0282. The molecule has 0 aliphatic heterocycles. The lowest BCUT2D eigenvalue weighted by Gasteiger charge is -2.34. The van der Waals surface area contributed by atoms with E-state index in [0.29, 0.717) is 6.42 Å². The van der Waals surface area contributed by atoms with Crippen LogP contribution in [0.3, 0.4) is 0 Å². The fourth-order valence-corrected chi connectivity index (χ4v) is 2.23. The van der Waals surface area contributed by atoms with E-state index in [2.05, 4.69) is 10.3 Å². The highest BCUT2D eigenvalue weighted by Crippen LogP contribution is 2.17. The monoisotopic (exact) mass is 225 g/mol. The highest BCUT2D eigenvalue weighted by molar-refractivity contribution is 7.09. The molecule has 0 saturated heterocycles. The number of hydrogen-bond donors (Lipinski definition) is 2.